The van der Waals surface area contributed by atoms with Crippen molar-refractivity contribution in [1.82, 2.24) is 10.2 Å². The zero-order valence-corrected chi connectivity index (χ0v) is 16.7. The Morgan fingerprint density at radius 3 is 2.39 bits per heavy atom. The van der Waals surface area contributed by atoms with Gasteiger partial charge in [-0.25, -0.2) is 4.79 Å². The number of hydrogen-bond acceptors (Lipinski definition) is 4. The van der Waals surface area contributed by atoms with Crippen molar-refractivity contribution in [3.63, 3.8) is 0 Å². The van der Waals surface area contributed by atoms with Crippen LogP contribution in [0.3, 0.4) is 0 Å². The standard InChI is InChI=1S/C22H29N3O3/c1-3-28-21-11-7-6-10-20(21)24-12-14-25(15-13-24)22(26)23-16-18-8-4-5-9-19(18)17-27-2/h4-11H,3,12-17H2,1-2H3,(H,23,26). The molecule has 0 atom stereocenters. The number of hydrogen-bond donors (Lipinski definition) is 1. The fourth-order valence-electron chi connectivity index (χ4n) is 3.46. The minimum Gasteiger partial charge on any atom is -0.492 e. The Balaban J connectivity index is 1.53. The summed E-state index contributed by atoms with van der Waals surface area (Å²) in [5.74, 6) is 0.901. The lowest BCUT2D eigenvalue weighted by molar-refractivity contribution is 0.183. The molecule has 0 saturated carbocycles. The van der Waals surface area contributed by atoms with Gasteiger partial charge in [0.05, 0.1) is 18.9 Å². The van der Waals surface area contributed by atoms with Crippen molar-refractivity contribution >= 4 is 11.7 Å². The Kier molecular flexibility index (Phi) is 7.14. The summed E-state index contributed by atoms with van der Waals surface area (Å²) < 4.78 is 11.0. The van der Waals surface area contributed by atoms with Gasteiger partial charge in [0.25, 0.3) is 0 Å². The second kappa shape index (κ2) is 9.99. The number of methoxy groups -OCH3 is 1. The molecule has 2 aromatic rings. The monoisotopic (exact) mass is 383 g/mol. The van der Waals surface area contributed by atoms with Gasteiger partial charge in [0, 0.05) is 39.8 Å². The Morgan fingerprint density at radius 2 is 1.68 bits per heavy atom. The van der Waals surface area contributed by atoms with E-state index < -0.39 is 0 Å². The molecular weight excluding hydrogens is 354 g/mol. The first-order valence-electron chi connectivity index (χ1n) is 9.78. The number of anilines is 1. The summed E-state index contributed by atoms with van der Waals surface area (Å²) in [5, 5.41) is 3.04. The molecule has 2 amide bonds. The lowest BCUT2D eigenvalue weighted by Crippen LogP contribution is -2.51. The zero-order chi connectivity index (χ0) is 19.8. The highest BCUT2D eigenvalue weighted by Crippen LogP contribution is 2.28. The molecule has 0 spiro atoms. The highest BCUT2D eigenvalue weighted by molar-refractivity contribution is 5.74. The first kappa shape index (κ1) is 20.0. The molecule has 1 saturated heterocycles. The maximum atomic E-state index is 12.6. The van der Waals surface area contributed by atoms with Crippen molar-refractivity contribution < 1.29 is 14.3 Å². The van der Waals surface area contributed by atoms with Crippen LogP contribution in [-0.4, -0.2) is 50.8 Å². The van der Waals surface area contributed by atoms with E-state index in [9.17, 15) is 4.79 Å². The van der Waals surface area contributed by atoms with Crippen LogP contribution in [0, 0.1) is 0 Å². The van der Waals surface area contributed by atoms with Gasteiger partial charge in [-0.15, -0.1) is 0 Å². The highest BCUT2D eigenvalue weighted by atomic mass is 16.5. The third-order valence-electron chi connectivity index (χ3n) is 4.92. The Labute approximate surface area is 167 Å². The van der Waals surface area contributed by atoms with Crippen molar-refractivity contribution in [2.45, 2.75) is 20.1 Å². The molecule has 28 heavy (non-hydrogen) atoms. The average molecular weight is 383 g/mol. The van der Waals surface area contributed by atoms with E-state index in [0.29, 0.717) is 32.8 Å². The number of nitrogens with one attached hydrogen (secondary N) is 1. The van der Waals surface area contributed by atoms with Crippen molar-refractivity contribution in [1.29, 1.82) is 0 Å². The maximum Gasteiger partial charge on any atom is 0.317 e. The second-order valence-electron chi connectivity index (χ2n) is 6.74. The normalized spacial score (nSPS) is 14.1. The number of nitrogens with zero attached hydrogens (tertiary/aromatic N) is 2. The van der Waals surface area contributed by atoms with Crippen LogP contribution in [0.5, 0.6) is 5.75 Å². The maximum absolute atomic E-state index is 12.6. The van der Waals surface area contributed by atoms with Crippen molar-refractivity contribution in [3.8, 4) is 5.75 Å². The number of benzene rings is 2. The van der Waals surface area contributed by atoms with Crippen LogP contribution in [0.2, 0.25) is 0 Å². The van der Waals surface area contributed by atoms with Gasteiger partial charge in [-0.3, -0.25) is 0 Å². The molecule has 1 aliphatic heterocycles. The molecule has 6 nitrogen and oxygen atoms in total. The summed E-state index contributed by atoms with van der Waals surface area (Å²) >= 11 is 0. The number of para-hydroxylation sites is 2. The van der Waals surface area contributed by atoms with Crippen LogP contribution in [0.15, 0.2) is 48.5 Å². The van der Waals surface area contributed by atoms with E-state index in [1.54, 1.807) is 7.11 Å². The van der Waals surface area contributed by atoms with E-state index in [-0.39, 0.29) is 6.03 Å². The van der Waals surface area contributed by atoms with Crippen LogP contribution in [0.25, 0.3) is 0 Å². The molecule has 1 fully saturated rings. The molecule has 3 rings (SSSR count). The summed E-state index contributed by atoms with van der Waals surface area (Å²) in [5.41, 5.74) is 3.28. The molecular formula is C22H29N3O3. The number of rotatable bonds is 7. The SMILES string of the molecule is CCOc1ccccc1N1CCN(C(=O)NCc2ccccc2COC)CC1. The van der Waals surface area contributed by atoms with Gasteiger partial charge >= 0.3 is 6.03 Å². The number of ether oxygens (including phenoxy) is 2. The molecule has 0 radical (unpaired) electrons. The topological polar surface area (TPSA) is 54.0 Å². The molecule has 150 valence electrons. The van der Waals surface area contributed by atoms with Gasteiger partial charge in [0.15, 0.2) is 0 Å². The minimum absolute atomic E-state index is 0.0232. The fourth-order valence-corrected chi connectivity index (χ4v) is 3.46. The lowest BCUT2D eigenvalue weighted by atomic mass is 10.1. The largest absolute Gasteiger partial charge is 0.492 e. The summed E-state index contributed by atoms with van der Waals surface area (Å²) in [6.45, 7) is 6.64. The fraction of sp³-hybridized carbons (Fsp3) is 0.409. The summed E-state index contributed by atoms with van der Waals surface area (Å²) in [6.07, 6.45) is 0. The van der Waals surface area contributed by atoms with E-state index in [0.717, 1.165) is 35.7 Å². The number of amides is 2. The van der Waals surface area contributed by atoms with Crippen molar-refractivity contribution in [3.05, 3.63) is 59.7 Å². The van der Waals surface area contributed by atoms with Gasteiger partial charge in [0.2, 0.25) is 0 Å². The predicted molar refractivity (Wildman–Crippen MR) is 111 cm³/mol. The van der Waals surface area contributed by atoms with E-state index in [1.807, 2.05) is 54.3 Å². The number of urea groups is 1. The van der Waals surface area contributed by atoms with E-state index >= 15 is 0 Å². The highest BCUT2D eigenvalue weighted by Gasteiger charge is 2.22. The first-order chi connectivity index (χ1) is 13.7. The third-order valence-corrected chi connectivity index (χ3v) is 4.92. The summed E-state index contributed by atoms with van der Waals surface area (Å²) in [4.78, 5) is 16.7. The van der Waals surface area contributed by atoms with Crippen molar-refractivity contribution in [2.24, 2.45) is 0 Å². The number of carbonyl (C=O) groups excluding carboxylic acids is 1. The van der Waals surface area contributed by atoms with Crippen LogP contribution in [-0.2, 0) is 17.9 Å². The third kappa shape index (κ3) is 4.95. The van der Waals surface area contributed by atoms with Gasteiger partial charge < -0.3 is 24.6 Å². The van der Waals surface area contributed by atoms with Crippen LogP contribution in [0.1, 0.15) is 18.1 Å². The van der Waals surface area contributed by atoms with Crippen LogP contribution >= 0.6 is 0 Å². The van der Waals surface area contributed by atoms with Crippen LogP contribution < -0.4 is 15.0 Å². The molecule has 1 aliphatic rings. The first-order valence-corrected chi connectivity index (χ1v) is 9.78. The molecule has 1 heterocycles. The second-order valence-corrected chi connectivity index (χ2v) is 6.74. The minimum atomic E-state index is -0.0232. The average Bonchev–Trinajstić information content (AvgIpc) is 2.74. The summed E-state index contributed by atoms with van der Waals surface area (Å²) in [6, 6.07) is 16.1. The smallest absolute Gasteiger partial charge is 0.317 e. The molecule has 6 heteroatoms. The van der Waals surface area contributed by atoms with Gasteiger partial charge in [0.1, 0.15) is 5.75 Å². The van der Waals surface area contributed by atoms with Gasteiger partial charge in [-0.1, -0.05) is 36.4 Å². The van der Waals surface area contributed by atoms with Crippen LogP contribution in [0.4, 0.5) is 10.5 Å². The quantitative estimate of drug-likeness (QED) is 0.797. The Hall–Kier alpha value is -2.73. The summed E-state index contributed by atoms with van der Waals surface area (Å²) in [7, 11) is 1.68. The lowest BCUT2D eigenvalue weighted by Gasteiger charge is -2.36. The molecule has 1 N–H and O–H groups in total. The Morgan fingerprint density at radius 1 is 1.00 bits per heavy atom. The Bertz CT molecular complexity index is 773. The van der Waals surface area contributed by atoms with Crippen molar-refractivity contribution in [2.75, 3.05) is 44.8 Å². The van der Waals surface area contributed by atoms with E-state index in [1.165, 1.54) is 0 Å². The van der Waals surface area contributed by atoms with Gasteiger partial charge in [-0.2, -0.15) is 0 Å². The molecule has 0 aromatic heterocycles. The predicted octanol–water partition coefficient (Wildman–Crippen LogP) is 3.26. The van der Waals surface area contributed by atoms with E-state index in [4.69, 9.17) is 9.47 Å². The molecule has 0 bridgehead atoms. The number of piperazine rings is 1. The zero-order valence-electron chi connectivity index (χ0n) is 16.7. The van der Waals surface area contributed by atoms with Gasteiger partial charge in [-0.05, 0) is 30.2 Å². The van der Waals surface area contributed by atoms with E-state index in [2.05, 4.69) is 16.3 Å². The molecule has 0 unspecified atom stereocenters. The molecule has 0 aliphatic carbocycles. The number of carbonyl (C=O) groups is 1. The molecule has 2 aromatic carbocycles.